The van der Waals surface area contributed by atoms with Gasteiger partial charge in [0.1, 0.15) is 5.78 Å². The van der Waals surface area contributed by atoms with Crippen LogP contribution in [0.3, 0.4) is 0 Å². The maximum absolute atomic E-state index is 11.7. The highest BCUT2D eigenvalue weighted by atomic mass is 127. The Bertz CT molecular complexity index is 420. The summed E-state index contributed by atoms with van der Waals surface area (Å²) < 4.78 is 5.67. The minimum absolute atomic E-state index is 0.0462. The number of nitrogens with zero attached hydrogens (tertiary/aromatic N) is 1. The molecule has 92 valence electrons. The number of hydrogen-bond donors (Lipinski definition) is 0. The van der Waals surface area contributed by atoms with E-state index in [1.54, 1.807) is 0 Å². The molecule has 0 aliphatic heterocycles. The number of anilines is 1. The summed E-state index contributed by atoms with van der Waals surface area (Å²) in [5.74, 6) is 0.0462. The highest BCUT2D eigenvalue weighted by Gasteiger charge is 2.18. The Morgan fingerprint density at radius 3 is 2.53 bits per heavy atom. The number of ketones is 1. The van der Waals surface area contributed by atoms with Crippen LogP contribution in [0.5, 0.6) is 0 Å². The number of amides is 1. The van der Waals surface area contributed by atoms with Gasteiger partial charge in [0, 0.05) is 16.5 Å². The fourth-order valence-corrected chi connectivity index (χ4v) is 2.04. The van der Waals surface area contributed by atoms with Crippen LogP contribution in [0.1, 0.15) is 13.3 Å². The zero-order chi connectivity index (χ0) is 12.8. The average molecular weight is 347 g/mol. The van der Waals surface area contributed by atoms with Gasteiger partial charge in [-0.05, 0) is 41.6 Å². The van der Waals surface area contributed by atoms with Crippen molar-refractivity contribution in [2.45, 2.75) is 13.3 Å². The highest BCUT2D eigenvalue weighted by molar-refractivity contribution is 14.1. The average Bonchev–Trinajstić information content (AvgIpc) is 2.30. The predicted octanol–water partition coefficient (Wildman–Crippen LogP) is 2.84. The van der Waals surface area contributed by atoms with Crippen LogP contribution in [0.4, 0.5) is 10.5 Å². The molecule has 4 nitrogen and oxygen atoms in total. The molecule has 1 rings (SSSR count). The second-order valence-electron chi connectivity index (χ2n) is 3.53. The molecule has 0 aliphatic rings. The third-order valence-electron chi connectivity index (χ3n) is 2.23. The smallest absolute Gasteiger partial charge is 0.414 e. The molecule has 0 unspecified atom stereocenters. The van der Waals surface area contributed by atoms with E-state index < -0.39 is 6.09 Å². The Labute approximate surface area is 114 Å². The van der Waals surface area contributed by atoms with Crippen molar-refractivity contribution >= 4 is 40.2 Å². The standard InChI is InChI=1S/C12H14INO3/c1-9(15)7-8-14(12(16)17-2)11-6-4-3-5-10(11)13/h3-6H,7-8H2,1-2H3. The Hall–Kier alpha value is -1.11. The Morgan fingerprint density at radius 1 is 1.35 bits per heavy atom. The second kappa shape index (κ2) is 6.58. The lowest BCUT2D eigenvalue weighted by molar-refractivity contribution is -0.116. The molecule has 0 atom stereocenters. The van der Waals surface area contributed by atoms with Crippen LogP contribution in [0.2, 0.25) is 0 Å². The van der Waals surface area contributed by atoms with Gasteiger partial charge >= 0.3 is 6.09 Å². The third kappa shape index (κ3) is 3.99. The number of ether oxygens (including phenoxy) is 1. The summed E-state index contributed by atoms with van der Waals surface area (Å²) in [5.41, 5.74) is 0.765. The van der Waals surface area contributed by atoms with Crippen LogP contribution in [0.15, 0.2) is 24.3 Å². The van der Waals surface area contributed by atoms with Crippen molar-refractivity contribution in [2.75, 3.05) is 18.6 Å². The summed E-state index contributed by atoms with van der Waals surface area (Å²) in [7, 11) is 1.33. The Kier molecular flexibility index (Phi) is 5.40. The van der Waals surface area contributed by atoms with Crippen molar-refractivity contribution in [3.05, 3.63) is 27.8 Å². The molecule has 0 aromatic heterocycles. The molecule has 0 bridgehead atoms. The van der Waals surface area contributed by atoms with Crippen molar-refractivity contribution in [3.8, 4) is 0 Å². The quantitative estimate of drug-likeness (QED) is 0.787. The molecule has 1 aromatic carbocycles. The molecule has 0 spiro atoms. The minimum Gasteiger partial charge on any atom is -0.452 e. The van der Waals surface area contributed by atoms with Crippen LogP contribution in [-0.4, -0.2) is 25.5 Å². The monoisotopic (exact) mass is 347 g/mol. The van der Waals surface area contributed by atoms with E-state index in [4.69, 9.17) is 4.74 Å². The number of methoxy groups -OCH3 is 1. The fourth-order valence-electron chi connectivity index (χ4n) is 1.36. The van der Waals surface area contributed by atoms with Crippen LogP contribution in [0.25, 0.3) is 0 Å². The Balaban J connectivity index is 2.94. The van der Waals surface area contributed by atoms with E-state index >= 15 is 0 Å². The molecule has 5 heteroatoms. The first-order valence-electron chi connectivity index (χ1n) is 5.15. The lowest BCUT2D eigenvalue weighted by Crippen LogP contribution is -2.33. The van der Waals surface area contributed by atoms with E-state index in [1.165, 1.54) is 18.9 Å². The molecule has 17 heavy (non-hydrogen) atoms. The molecule has 0 fully saturated rings. The van der Waals surface area contributed by atoms with Gasteiger partial charge in [0.15, 0.2) is 0 Å². The van der Waals surface area contributed by atoms with Crippen LogP contribution in [0, 0.1) is 3.57 Å². The first-order chi connectivity index (χ1) is 8.06. The molecule has 1 aromatic rings. The first kappa shape index (κ1) is 14.0. The SMILES string of the molecule is COC(=O)N(CCC(C)=O)c1ccccc1I. The summed E-state index contributed by atoms with van der Waals surface area (Å²) in [6.07, 6.45) is -0.129. The molecule has 0 aliphatic carbocycles. The molecular formula is C12H14INO3. The Morgan fingerprint density at radius 2 is 2.00 bits per heavy atom. The number of carbonyl (C=O) groups is 2. The number of rotatable bonds is 4. The molecule has 0 saturated carbocycles. The van der Waals surface area contributed by atoms with Gasteiger partial charge < -0.3 is 4.74 Å². The number of para-hydroxylation sites is 1. The molecule has 0 heterocycles. The van der Waals surface area contributed by atoms with Gasteiger partial charge in [-0.25, -0.2) is 4.79 Å². The summed E-state index contributed by atoms with van der Waals surface area (Å²) in [6.45, 7) is 1.84. The lowest BCUT2D eigenvalue weighted by Gasteiger charge is -2.21. The highest BCUT2D eigenvalue weighted by Crippen LogP contribution is 2.22. The van der Waals surface area contributed by atoms with Crippen molar-refractivity contribution in [1.29, 1.82) is 0 Å². The maximum Gasteiger partial charge on any atom is 0.414 e. The van der Waals surface area contributed by atoms with E-state index in [9.17, 15) is 9.59 Å². The topological polar surface area (TPSA) is 46.6 Å². The lowest BCUT2D eigenvalue weighted by atomic mass is 10.2. The second-order valence-corrected chi connectivity index (χ2v) is 4.69. The number of Topliss-reactive ketones (excluding diaryl/α,β-unsaturated/α-hetero) is 1. The molecular weight excluding hydrogens is 333 g/mol. The van der Waals surface area contributed by atoms with Crippen LogP contribution < -0.4 is 4.90 Å². The van der Waals surface area contributed by atoms with Gasteiger partial charge in [-0.1, -0.05) is 12.1 Å². The van der Waals surface area contributed by atoms with Crippen molar-refractivity contribution in [1.82, 2.24) is 0 Å². The molecule has 0 saturated heterocycles. The summed E-state index contributed by atoms with van der Waals surface area (Å²) in [4.78, 5) is 24.1. The van der Waals surface area contributed by atoms with E-state index in [0.29, 0.717) is 13.0 Å². The van der Waals surface area contributed by atoms with E-state index in [1.807, 2.05) is 24.3 Å². The number of benzene rings is 1. The minimum atomic E-state index is -0.449. The number of halogens is 1. The van der Waals surface area contributed by atoms with Crippen LogP contribution >= 0.6 is 22.6 Å². The van der Waals surface area contributed by atoms with Gasteiger partial charge in [-0.15, -0.1) is 0 Å². The summed E-state index contributed by atoms with van der Waals surface area (Å²) in [5, 5.41) is 0. The van der Waals surface area contributed by atoms with Gasteiger partial charge in [-0.3, -0.25) is 9.69 Å². The molecule has 0 radical (unpaired) electrons. The number of carbonyl (C=O) groups excluding carboxylic acids is 2. The fraction of sp³-hybridized carbons (Fsp3) is 0.333. The van der Waals surface area contributed by atoms with Crippen molar-refractivity contribution in [2.24, 2.45) is 0 Å². The molecule has 0 N–H and O–H groups in total. The van der Waals surface area contributed by atoms with Gasteiger partial charge in [-0.2, -0.15) is 0 Å². The largest absolute Gasteiger partial charge is 0.452 e. The molecule has 1 amide bonds. The van der Waals surface area contributed by atoms with Crippen molar-refractivity contribution in [3.63, 3.8) is 0 Å². The van der Waals surface area contributed by atoms with Gasteiger partial charge in [0.05, 0.1) is 12.8 Å². The van der Waals surface area contributed by atoms with E-state index in [0.717, 1.165) is 9.26 Å². The first-order valence-corrected chi connectivity index (χ1v) is 6.23. The predicted molar refractivity (Wildman–Crippen MR) is 74.2 cm³/mol. The third-order valence-corrected chi connectivity index (χ3v) is 3.14. The van der Waals surface area contributed by atoms with Crippen LogP contribution in [-0.2, 0) is 9.53 Å². The number of hydrogen-bond acceptors (Lipinski definition) is 3. The van der Waals surface area contributed by atoms with Gasteiger partial charge in [0.2, 0.25) is 0 Å². The summed E-state index contributed by atoms with van der Waals surface area (Å²) in [6, 6.07) is 7.48. The van der Waals surface area contributed by atoms with E-state index in [-0.39, 0.29) is 5.78 Å². The summed E-state index contributed by atoms with van der Waals surface area (Å²) >= 11 is 2.15. The zero-order valence-corrected chi connectivity index (χ0v) is 11.9. The zero-order valence-electron chi connectivity index (χ0n) is 9.77. The normalized spacial score (nSPS) is 9.82. The van der Waals surface area contributed by atoms with E-state index in [2.05, 4.69) is 22.6 Å². The van der Waals surface area contributed by atoms with Crippen molar-refractivity contribution < 1.29 is 14.3 Å². The van der Waals surface area contributed by atoms with Gasteiger partial charge in [0.25, 0.3) is 0 Å². The maximum atomic E-state index is 11.7.